The summed E-state index contributed by atoms with van der Waals surface area (Å²) < 4.78 is 18.7. The molecule has 0 saturated carbocycles. The van der Waals surface area contributed by atoms with Crippen LogP contribution in [-0.4, -0.2) is 17.4 Å². The molecular weight excluding hydrogens is 303 g/mol. The Bertz CT molecular complexity index is 692. The van der Waals surface area contributed by atoms with Crippen LogP contribution in [0.25, 0.3) is 0 Å². The van der Waals surface area contributed by atoms with Gasteiger partial charge >= 0.3 is 5.69 Å². The van der Waals surface area contributed by atoms with E-state index in [0.717, 1.165) is 17.9 Å². The second-order valence-corrected chi connectivity index (χ2v) is 4.74. The number of benzene rings is 2. The van der Waals surface area contributed by atoms with Crippen molar-refractivity contribution in [2.45, 2.75) is 12.8 Å². The van der Waals surface area contributed by atoms with Crippen molar-refractivity contribution in [3.05, 3.63) is 64.5 Å². The van der Waals surface area contributed by atoms with Crippen molar-refractivity contribution >= 4 is 17.3 Å². The van der Waals surface area contributed by atoms with Gasteiger partial charge in [-0.25, -0.2) is 0 Å². The summed E-state index contributed by atoms with van der Waals surface area (Å²) in [6.07, 6.45) is 0.683. The summed E-state index contributed by atoms with van der Waals surface area (Å²) in [7, 11) is 0. The van der Waals surface area contributed by atoms with E-state index in [1.165, 1.54) is 6.07 Å². The van der Waals surface area contributed by atoms with Crippen LogP contribution < -0.4 is 10.1 Å². The first kappa shape index (κ1) is 16.4. The number of amides is 1. The number of halogens is 1. The van der Waals surface area contributed by atoms with Gasteiger partial charge in [-0.3, -0.25) is 14.9 Å². The fraction of sp³-hybridized carbons (Fsp3) is 0.188. The van der Waals surface area contributed by atoms with Crippen LogP contribution in [-0.2, 0) is 4.79 Å². The number of hydrogen-bond donors (Lipinski definition) is 1. The molecule has 0 radical (unpaired) electrons. The summed E-state index contributed by atoms with van der Waals surface area (Å²) in [6.45, 7) is 0.376. The van der Waals surface area contributed by atoms with Gasteiger partial charge in [0, 0.05) is 18.2 Å². The van der Waals surface area contributed by atoms with Gasteiger partial charge in [-0.05, 0) is 30.7 Å². The molecule has 2 aromatic carbocycles. The molecule has 0 bridgehead atoms. The lowest BCUT2D eigenvalue weighted by atomic mass is 10.2. The van der Waals surface area contributed by atoms with Crippen molar-refractivity contribution in [3.8, 4) is 5.75 Å². The number of nitro groups is 1. The normalized spacial score (nSPS) is 10.1. The fourth-order valence-electron chi connectivity index (χ4n) is 1.89. The van der Waals surface area contributed by atoms with Gasteiger partial charge in [0.05, 0.1) is 11.5 Å². The van der Waals surface area contributed by atoms with Crippen molar-refractivity contribution < 1.29 is 18.8 Å². The molecule has 23 heavy (non-hydrogen) atoms. The highest BCUT2D eigenvalue weighted by Gasteiger charge is 2.15. The van der Waals surface area contributed by atoms with E-state index in [2.05, 4.69) is 5.32 Å². The van der Waals surface area contributed by atoms with Gasteiger partial charge in [0.1, 0.15) is 5.75 Å². The first-order valence-corrected chi connectivity index (χ1v) is 6.98. The number of nitrogens with one attached hydrogen (secondary N) is 1. The maximum Gasteiger partial charge on any atom is 0.306 e. The molecule has 0 fully saturated rings. The van der Waals surface area contributed by atoms with Gasteiger partial charge in [0.15, 0.2) is 0 Å². The zero-order valence-electron chi connectivity index (χ0n) is 12.2. The van der Waals surface area contributed by atoms with Crippen LogP contribution in [0.1, 0.15) is 12.8 Å². The summed E-state index contributed by atoms with van der Waals surface area (Å²) in [5.74, 6) is -0.533. The number of para-hydroxylation sites is 1. The highest BCUT2D eigenvalue weighted by Crippen LogP contribution is 2.21. The van der Waals surface area contributed by atoms with E-state index in [0.29, 0.717) is 13.0 Å². The topological polar surface area (TPSA) is 81.5 Å². The summed E-state index contributed by atoms with van der Waals surface area (Å²) >= 11 is 0. The largest absolute Gasteiger partial charge is 0.494 e. The quantitative estimate of drug-likeness (QED) is 0.481. The molecule has 0 heterocycles. The monoisotopic (exact) mass is 318 g/mol. The Morgan fingerprint density at radius 3 is 2.65 bits per heavy atom. The molecule has 0 aliphatic rings. The smallest absolute Gasteiger partial charge is 0.306 e. The Morgan fingerprint density at radius 2 is 1.96 bits per heavy atom. The molecule has 7 heteroatoms. The molecular formula is C16H15FN2O4. The van der Waals surface area contributed by atoms with Crippen molar-refractivity contribution in [1.29, 1.82) is 0 Å². The Morgan fingerprint density at radius 1 is 1.22 bits per heavy atom. The lowest BCUT2D eigenvalue weighted by Crippen LogP contribution is -2.13. The highest BCUT2D eigenvalue weighted by atomic mass is 19.1. The minimum Gasteiger partial charge on any atom is -0.494 e. The van der Waals surface area contributed by atoms with E-state index in [-0.39, 0.29) is 18.0 Å². The Labute approximate surface area is 132 Å². The Balaban J connectivity index is 1.79. The number of carbonyl (C=O) groups is 1. The number of rotatable bonds is 7. The molecule has 1 N–H and O–H groups in total. The third-order valence-corrected chi connectivity index (χ3v) is 2.99. The number of ether oxygens (including phenoxy) is 1. The van der Waals surface area contributed by atoms with E-state index in [4.69, 9.17) is 4.74 Å². The SMILES string of the molecule is O=C(CCCOc1ccccc1)Nc1ccc(F)c([N+](=O)[O-])c1. The average Bonchev–Trinajstić information content (AvgIpc) is 2.54. The third-order valence-electron chi connectivity index (χ3n) is 2.99. The van der Waals surface area contributed by atoms with Gasteiger partial charge < -0.3 is 10.1 Å². The second-order valence-electron chi connectivity index (χ2n) is 4.74. The zero-order valence-corrected chi connectivity index (χ0v) is 12.2. The van der Waals surface area contributed by atoms with Crippen LogP contribution in [0.5, 0.6) is 5.75 Å². The van der Waals surface area contributed by atoms with E-state index in [1.807, 2.05) is 30.3 Å². The number of nitro benzene ring substituents is 1. The van der Waals surface area contributed by atoms with Crippen molar-refractivity contribution in [3.63, 3.8) is 0 Å². The molecule has 120 valence electrons. The van der Waals surface area contributed by atoms with Crippen LogP contribution in [0.15, 0.2) is 48.5 Å². The van der Waals surface area contributed by atoms with Crippen molar-refractivity contribution in [1.82, 2.24) is 0 Å². The maximum absolute atomic E-state index is 13.2. The Kier molecular flexibility index (Phi) is 5.62. The number of hydrogen-bond acceptors (Lipinski definition) is 4. The highest BCUT2D eigenvalue weighted by molar-refractivity contribution is 5.91. The Hall–Kier alpha value is -2.96. The number of anilines is 1. The van der Waals surface area contributed by atoms with Crippen LogP contribution >= 0.6 is 0 Å². The number of nitrogens with zero attached hydrogens (tertiary/aromatic N) is 1. The average molecular weight is 318 g/mol. The molecule has 0 spiro atoms. The van der Waals surface area contributed by atoms with Crippen molar-refractivity contribution in [2.24, 2.45) is 0 Å². The lowest BCUT2D eigenvalue weighted by Gasteiger charge is -2.07. The zero-order chi connectivity index (χ0) is 16.7. The van der Waals surface area contributed by atoms with Crippen molar-refractivity contribution in [2.75, 3.05) is 11.9 Å². The minimum absolute atomic E-state index is 0.187. The van der Waals surface area contributed by atoms with E-state index in [1.54, 1.807) is 0 Å². The summed E-state index contributed by atoms with van der Waals surface area (Å²) in [5.41, 5.74) is -0.484. The van der Waals surface area contributed by atoms with Crippen LogP contribution in [0.4, 0.5) is 15.8 Å². The minimum atomic E-state index is -0.940. The van der Waals surface area contributed by atoms with Gasteiger partial charge in [0.2, 0.25) is 11.7 Å². The molecule has 2 rings (SSSR count). The molecule has 0 aliphatic carbocycles. The van der Waals surface area contributed by atoms with Gasteiger partial charge in [-0.15, -0.1) is 0 Å². The molecule has 0 atom stereocenters. The van der Waals surface area contributed by atoms with E-state index in [9.17, 15) is 19.3 Å². The first-order valence-electron chi connectivity index (χ1n) is 6.98. The first-order chi connectivity index (χ1) is 11.1. The molecule has 2 aromatic rings. The van der Waals surface area contributed by atoms with Gasteiger partial charge in [-0.2, -0.15) is 4.39 Å². The molecule has 0 saturated heterocycles. The third kappa shape index (κ3) is 5.06. The maximum atomic E-state index is 13.2. The van der Waals surface area contributed by atoms with E-state index >= 15 is 0 Å². The van der Waals surface area contributed by atoms with Gasteiger partial charge in [-0.1, -0.05) is 18.2 Å². The summed E-state index contributed by atoms with van der Waals surface area (Å²) in [4.78, 5) is 21.6. The van der Waals surface area contributed by atoms with Gasteiger partial charge in [0.25, 0.3) is 0 Å². The molecule has 0 unspecified atom stereocenters. The molecule has 0 aliphatic heterocycles. The second kappa shape index (κ2) is 7.88. The predicted octanol–water partition coefficient (Wildman–Crippen LogP) is 3.53. The van der Waals surface area contributed by atoms with Crippen LogP contribution in [0.2, 0.25) is 0 Å². The molecule has 6 nitrogen and oxygen atoms in total. The number of carbonyl (C=O) groups excluding carboxylic acids is 1. The molecule has 1 amide bonds. The summed E-state index contributed by atoms with van der Waals surface area (Å²) in [6, 6.07) is 12.4. The fourth-order valence-corrected chi connectivity index (χ4v) is 1.89. The predicted molar refractivity (Wildman–Crippen MR) is 82.9 cm³/mol. The lowest BCUT2D eigenvalue weighted by molar-refractivity contribution is -0.387. The summed E-state index contributed by atoms with van der Waals surface area (Å²) in [5, 5.41) is 13.1. The molecule has 0 aromatic heterocycles. The van der Waals surface area contributed by atoms with Crippen LogP contribution in [0.3, 0.4) is 0 Å². The standard InChI is InChI=1S/C16H15FN2O4/c17-14-9-8-12(11-15(14)19(21)22)18-16(20)7-4-10-23-13-5-2-1-3-6-13/h1-3,5-6,8-9,11H,4,7,10H2,(H,18,20). The van der Waals surface area contributed by atoms with Crippen LogP contribution in [0, 0.1) is 15.9 Å². The van der Waals surface area contributed by atoms with E-state index < -0.39 is 16.4 Å².